The summed E-state index contributed by atoms with van der Waals surface area (Å²) < 4.78 is 1.93. The summed E-state index contributed by atoms with van der Waals surface area (Å²) >= 11 is 5.98. The van der Waals surface area contributed by atoms with Crippen LogP contribution in [0.2, 0.25) is 5.02 Å². The maximum absolute atomic E-state index is 12.3. The second kappa shape index (κ2) is 6.55. The average Bonchev–Trinajstić information content (AvgIpc) is 3.11. The number of carbonyl (C=O) groups excluding carboxylic acids is 1. The van der Waals surface area contributed by atoms with Crippen molar-refractivity contribution in [2.75, 3.05) is 5.32 Å². The summed E-state index contributed by atoms with van der Waals surface area (Å²) in [4.78, 5) is 22.4. The summed E-state index contributed by atoms with van der Waals surface area (Å²) in [5.41, 5.74) is 1.58. The molecule has 0 aliphatic rings. The molecule has 3 rings (SSSR count). The fraction of sp³-hybridized carbons (Fsp3) is 0. The van der Waals surface area contributed by atoms with E-state index in [0.717, 1.165) is 5.69 Å². The van der Waals surface area contributed by atoms with E-state index in [-0.39, 0.29) is 16.6 Å². The molecule has 120 valence electrons. The summed E-state index contributed by atoms with van der Waals surface area (Å²) in [5.74, 6) is -0.343. The van der Waals surface area contributed by atoms with Gasteiger partial charge in [-0.1, -0.05) is 11.6 Å². The molecule has 1 amide bonds. The van der Waals surface area contributed by atoms with E-state index in [1.54, 1.807) is 12.1 Å². The van der Waals surface area contributed by atoms with Crippen molar-refractivity contribution < 1.29 is 9.72 Å². The standard InChI is InChI=1S/C17H12ClN3O3/c18-15-11-14(21(23)24)7-8-16(15)19-17(22)12-3-5-13(6-4-12)20-9-1-2-10-20/h1-11H,(H,19,22). The largest absolute Gasteiger partial charge is 0.324 e. The molecule has 2 aromatic carbocycles. The van der Waals surface area contributed by atoms with Crippen LogP contribution in [0.15, 0.2) is 67.0 Å². The lowest BCUT2D eigenvalue weighted by molar-refractivity contribution is -0.384. The van der Waals surface area contributed by atoms with Gasteiger partial charge in [0.2, 0.25) is 0 Å². The number of halogens is 1. The van der Waals surface area contributed by atoms with Crippen LogP contribution in [0.25, 0.3) is 5.69 Å². The van der Waals surface area contributed by atoms with Gasteiger partial charge < -0.3 is 9.88 Å². The third-order valence-corrected chi connectivity index (χ3v) is 3.76. The van der Waals surface area contributed by atoms with Gasteiger partial charge in [-0.15, -0.1) is 0 Å². The van der Waals surface area contributed by atoms with Crippen LogP contribution in [0.3, 0.4) is 0 Å². The predicted molar refractivity (Wildman–Crippen MR) is 91.8 cm³/mol. The van der Waals surface area contributed by atoms with Gasteiger partial charge in [-0.25, -0.2) is 0 Å². The number of carbonyl (C=O) groups is 1. The minimum atomic E-state index is -0.544. The highest BCUT2D eigenvalue weighted by Crippen LogP contribution is 2.27. The molecule has 0 unspecified atom stereocenters. The molecule has 3 aromatic rings. The first-order valence-electron chi connectivity index (χ1n) is 7.03. The normalized spacial score (nSPS) is 10.4. The van der Waals surface area contributed by atoms with Crippen LogP contribution in [0.1, 0.15) is 10.4 Å². The van der Waals surface area contributed by atoms with Gasteiger partial charge in [0.25, 0.3) is 11.6 Å². The number of nitrogens with one attached hydrogen (secondary N) is 1. The van der Waals surface area contributed by atoms with E-state index in [1.807, 2.05) is 41.2 Å². The smallest absolute Gasteiger partial charge is 0.271 e. The molecule has 0 saturated carbocycles. The molecule has 0 spiro atoms. The number of hydrogen-bond acceptors (Lipinski definition) is 3. The van der Waals surface area contributed by atoms with Crippen LogP contribution in [0.4, 0.5) is 11.4 Å². The van der Waals surface area contributed by atoms with Crippen molar-refractivity contribution in [1.29, 1.82) is 0 Å². The SMILES string of the molecule is O=C(Nc1ccc([N+](=O)[O-])cc1Cl)c1ccc(-n2cccc2)cc1. The number of anilines is 1. The lowest BCUT2D eigenvalue weighted by Gasteiger charge is -2.08. The summed E-state index contributed by atoms with van der Waals surface area (Å²) in [7, 11) is 0. The van der Waals surface area contributed by atoms with Gasteiger partial charge in [-0.3, -0.25) is 14.9 Å². The molecule has 1 heterocycles. The van der Waals surface area contributed by atoms with Crippen molar-refractivity contribution in [3.8, 4) is 5.69 Å². The van der Waals surface area contributed by atoms with E-state index in [0.29, 0.717) is 11.3 Å². The summed E-state index contributed by atoms with van der Waals surface area (Å²) in [6.45, 7) is 0. The first-order chi connectivity index (χ1) is 11.5. The Labute approximate surface area is 142 Å². The van der Waals surface area contributed by atoms with Gasteiger partial charge in [0.1, 0.15) is 0 Å². The molecule has 0 aliphatic heterocycles. The number of non-ortho nitro benzene ring substituents is 1. The second-order valence-electron chi connectivity index (χ2n) is 5.01. The van der Waals surface area contributed by atoms with Crippen LogP contribution >= 0.6 is 11.6 Å². The minimum Gasteiger partial charge on any atom is -0.324 e. The van der Waals surface area contributed by atoms with Gasteiger partial charge in [-0.2, -0.15) is 0 Å². The molecular weight excluding hydrogens is 330 g/mol. The molecule has 6 nitrogen and oxygen atoms in total. The number of nitro benzene ring substituents is 1. The highest BCUT2D eigenvalue weighted by molar-refractivity contribution is 6.34. The van der Waals surface area contributed by atoms with Crippen molar-refractivity contribution in [1.82, 2.24) is 4.57 Å². The molecule has 0 atom stereocenters. The zero-order valence-corrected chi connectivity index (χ0v) is 13.1. The van der Waals surface area contributed by atoms with Crippen molar-refractivity contribution in [3.05, 3.63) is 87.7 Å². The Morgan fingerprint density at radius 3 is 2.33 bits per heavy atom. The number of rotatable bonds is 4. The van der Waals surface area contributed by atoms with E-state index in [9.17, 15) is 14.9 Å². The highest BCUT2D eigenvalue weighted by atomic mass is 35.5. The Hall–Kier alpha value is -3.12. The lowest BCUT2D eigenvalue weighted by atomic mass is 10.2. The molecule has 0 bridgehead atoms. The van der Waals surface area contributed by atoms with Gasteiger partial charge in [-0.05, 0) is 42.5 Å². The molecule has 0 saturated heterocycles. The van der Waals surface area contributed by atoms with Crippen LogP contribution in [0.5, 0.6) is 0 Å². The number of aromatic nitrogens is 1. The molecule has 7 heteroatoms. The maximum Gasteiger partial charge on any atom is 0.271 e. The van der Waals surface area contributed by atoms with Gasteiger partial charge in [0.15, 0.2) is 0 Å². The third-order valence-electron chi connectivity index (χ3n) is 3.44. The molecule has 0 fully saturated rings. The molecule has 1 N–H and O–H groups in total. The van der Waals surface area contributed by atoms with Crippen molar-refractivity contribution in [2.45, 2.75) is 0 Å². The average molecular weight is 342 g/mol. The lowest BCUT2D eigenvalue weighted by Crippen LogP contribution is -2.12. The Morgan fingerprint density at radius 1 is 1.08 bits per heavy atom. The predicted octanol–water partition coefficient (Wildman–Crippen LogP) is 4.29. The van der Waals surface area contributed by atoms with E-state index >= 15 is 0 Å². The summed E-state index contributed by atoms with van der Waals surface area (Å²) in [6, 6.07) is 14.8. The summed E-state index contributed by atoms with van der Waals surface area (Å²) in [6.07, 6.45) is 3.82. The molecule has 0 aliphatic carbocycles. The number of benzene rings is 2. The van der Waals surface area contributed by atoms with Crippen molar-refractivity contribution >= 4 is 28.9 Å². The third kappa shape index (κ3) is 3.28. The monoisotopic (exact) mass is 341 g/mol. The Balaban J connectivity index is 1.76. The fourth-order valence-electron chi connectivity index (χ4n) is 2.21. The summed E-state index contributed by atoms with van der Waals surface area (Å²) in [5, 5.41) is 13.5. The first-order valence-corrected chi connectivity index (χ1v) is 7.41. The second-order valence-corrected chi connectivity index (χ2v) is 5.42. The van der Waals surface area contributed by atoms with Crippen LogP contribution < -0.4 is 5.32 Å². The molecule has 24 heavy (non-hydrogen) atoms. The van der Waals surface area contributed by atoms with Gasteiger partial charge in [0.05, 0.1) is 15.6 Å². The van der Waals surface area contributed by atoms with E-state index < -0.39 is 4.92 Å². The zero-order chi connectivity index (χ0) is 17.1. The fourth-order valence-corrected chi connectivity index (χ4v) is 2.43. The van der Waals surface area contributed by atoms with Crippen molar-refractivity contribution in [2.24, 2.45) is 0 Å². The Morgan fingerprint density at radius 2 is 1.75 bits per heavy atom. The van der Waals surface area contributed by atoms with Crippen LogP contribution in [0, 0.1) is 10.1 Å². The van der Waals surface area contributed by atoms with Crippen LogP contribution in [-0.2, 0) is 0 Å². The van der Waals surface area contributed by atoms with Gasteiger partial charge in [0, 0.05) is 35.8 Å². The minimum absolute atomic E-state index is 0.113. The zero-order valence-electron chi connectivity index (χ0n) is 12.3. The number of hydrogen-bond donors (Lipinski definition) is 1. The molecule has 1 aromatic heterocycles. The molecular formula is C17H12ClN3O3. The van der Waals surface area contributed by atoms with Gasteiger partial charge >= 0.3 is 0 Å². The number of amides is 1. The molecule has 0 radical (unpaired) electrons. The quantitative estimate of drug-likeness (QED) is 0.568. The first kappa shape index (κ1) is 15.8. The van der Waals surface area contributed by atoms with Crippen LogP contribution in [-0.4, -0.2) is 15.4 Å². The van der Waals surface area contributed by atoms with Crippen molar-refractivity contribution in [3.63, 3.8) is 0 Å². The number of nitro groups is 1. The Kier molecular flexibility index (Phi) is 4.31. The highest BCUT2D eigenvalue weighted by Gasteiger charge is 2.12. The van der Waals surface area contributed by atoms with E-state index in [2.05, 4.69) is 5.32 Å². The Bertz CT molecular complexity index is 890. The topological polar surface area (TPSA) is 77.2 Å². The van der Waals surface area contributed by atoms with E-state index in [4.69, 9.17) is 11.6 Å². The van der Waals surface area contributed by atoms with E-state index in [1.165, 1.54) is 18.2 Å². The number of nitrogens with zero attached hydrogens (tertiary/aromatic N) is 2. The maximum atomic E-state index is 12.3.